The Labute approximate surface area is 112 Å². The Balaban J connectivity index is 2.27. The molecule has 0 heterocycles. The van der Waals surface area contributed by atoms with E-state index >= 15 is 0 Å². The first kappa shape index (κ1) is 13.8. The predicted octanol–water partition coefficient (Wildman–Crippen LogP) is 3.00. The third kappa shape index (κ3) is 2.88. The Morgan fingerprint density at radius 3 is 2.47 bits per heavy atom. The van der Waals surface area contributed by atoms with Crippen LogP contribution in [0.2, 0.25) is 0 Å². The molecule has 104 valence electrons. The van der Waals surface area contributed by atoms with E-state index in [9.17, 15) is 14.7 Å². The van der Waals surface area contributed by atoms with E-state index in [4.69, 9.17) is 5.11 Å². The van der Waals surface area contributed by atoms with Gasteiger partial charge in [-0.15, -0.1) is 0 Å². The van der Waals surface area contributed by atoms with E-state index in [0.29, 0.717) is 12.3 Å². The summed E-state index contributed by atoms with van der Waals surface area (Å²) in [6, 6.07) is 0. The Morgan fingerprint density at radius 2 is 1.95 bits per heavy atom. The zero-order valence-electron chi connectivity index (χ0n) is 11.2. The molecule has 0 bridgehead atoms. The molecule has 1 fully saturated rings. The van der Waals surface area contributed by atoms with Crippen LogP contribution in [0.3, 0.4) is 0 Å². The lowest BCUT2D eigenvalue weighted by Gasteiger charge is -2.32. The number of hydrogen-bond donors (Lipinski definition) is 2. The minimum Gasteiger partial charge on any atom is -0.481 e. The lowest BCUT2D eigenvalue weighted by Crippen LogP contribution is -2.34. The first-order chi connectivity index (χ1) is 8.93. The van der Waals surface area contributed by atoms with Gasteiger partial charge in [0.25, 0.3) is 0 Å². The zero-order chi connectivity index (χ0) is 14.0. The van der Waals surface area contributed by atoms with Crippen molar-refractivity contribution in [3.05, 3.63) is 23.3 Å². The lowest BCUT2D eigenvalue weighted by atomic mass is 9.70. The van der Waals surface area contributed by atoms with Gasteiger partial charge in [-0.3, -0.25) is 4.79 Å². The van der Waals surface area contributed by atoms with E-state index in [0.717, 1.165) is 31.3 Å². The topological polar surface area (TPSA) is 74.6 Å². The fraction of sp³-hybridized carbons (Fsp3) is 0.600. The third-order valence-electron chi connectivity index (χ3n) is 4.24. The van der Waals surface area contributed by atoms with Gasteiger partial charge >= 0.3 is 11.9 Å². The van der Waals surface area contributed by atoms with E-state index in [1.165, 1.54) is 0 Å². The molecule has 19 heavy (non-hydrogen) atoms. The maximum Gasteiger partial charge on any atom is 0.331 e. The molecule has 0 amide bonds. The Bertz CT molecular complexity index is 455. The number of carboxylic acid groups (broad SMARTS) is 2. The molecule has 0 aliphatic heterocycles. The van der Waals surface area contributed by atoms with E-state index < -0.39 is 17.4 Å². The van der Waals surface area contributed by atoms with Crippen LogP contribution in [0.1, 0.15) is 45.4 Å². The van der Waals surface area contributed by atoms with Gasteiger partial charge in [0.1, 0.15) is 0 Å². The molecular weight excluding hydrogens is 244 g/mol. The summed E-state index contributed by atoms with van der Waals surface area (Å²) in [7, 11) is 0. The number of aliphatic carboxylic acids is 2. The summed E-state index contributed by atoms with van der Waals surface area (Å²) in [5.74, 6) is -1.50. The first-order valence-electron chi connectivity index (χ1n) is 6.80. The number of carbonyl (C=O) groups is 2. The second-order valence-corrected chi connectivity index (χ2v) is 5.86. The molecule has 2 aliphatic carbocycles. The first-order valence-corrected chi connectivity index (χ1v) is 6.80. The molecule has 0 aromatic carbocycles. The quantitative estimate of drug-likeness (QED) is 0.818. The summed E-state index contributed by atoms with van der Waals surface area (Å²) < 4.78 is 0. The summed E-state index contributed by atoms with van der Waals surface area (Å²) in [6.45, 7) is 1.77. The number of hydrogen-bond acceptors (Lipinski definition) is 2. The molecule has 0 aromatic rings. The minimum absolute atomic E-state index is 0.103. The van der Waals surface area contributed by atoms with Crippen molar-refractivity contribution >= 4 is 11.9 Å². The number of rotatable bonds is 4. The van der Waals surface area contributed by atoms with Crippen LogP contribution in [0.25, 0.3) is 0 Å². The SMILES string of the molecule is CC1=CC(CC2CCCC2)(C(=O)O)CC(C(=O)O)=C1. The third-order valence-corrected chi connectivity index (χ3v) is 4.24. The molecule has 0 radical (unpaired) electrons. The van der Waals surface area contributed by atoms with E-state index in [-0.39, 0.29) is 12.0 Å². The molecule has 2 rings (SSSR count). The van der Waals surface area contributed by atoms with Crippen LogP contribution in [-0.2, 0) is 9.59 Å². The Hall–Kier alpha value is -1.58. The Kier molecular flexibility index (Phi) is 3.78. The molecule has 0 spiro atoms. The second-order valence-electron chi connectivity index (χ2n) is 5.86. The van der Waals surface area contributed by atoms with Crippen molar-refractivity contribution in [1.82, 2.24) is 0 Å². The van der Waals surface area contributed by atoms with Gasteiger partial charge in [-0.1, -0.05) is 37.3 Å². The van der Waals surface area contributed by atoms with Gasteiger partial charge in [-0.2, -0.15) is 0 Å². The van der Waals surface area contributed by atoms with E-state index in [2.05, 4.69) is 0 Å². The number of allylic oxidation sites excluding steroid dienone is 2. The van der Waals surface area contributed by atoms with Gasteiger partial charge < -0.3 is 10.2 Å². The molecule has 2 aliphatic rings. The van der Waals surface area contributed by atoms with Gasteiger partial charge in [-0.05, 0) is 31.8 Å². The van der Waals surface area contributed by atoms with Crippen LogP contribution >= 0.6 is 0 Å². The van der Waals surface area contributed by atoms with Gasteiger partial charge in [-0.25, -0.2) is 4.79 Å². The van der Waals surface area contributed by atoms with Crippen LogP contribution in [0.4, 0.5) is 0 Å². The van der Waals surface area contributed by atoms with Crippen molar-refractivity contribution in [2.75, 3.05) is 0 Å². The van der Waals surface area contributed by atoms with Gasteiger partial charge in [0.2, 0.25) is 0 Å². The predicted molar refractivity (Wildman–Crippen MR) is 70.7 cm³/mol. The largest absolute Gasteiger partial charge is 0.481 e. The standard InChI is InChI=1S/C15H20O4/c1-10-6-12(13(16)17)9-15(7-10,14(18)19)8-11-4-2-3-5-11/h6-7,11H,2-5,8-9H2,1H3,(H,16,17)(H,18,19). The molecule has 1 saturated carbocycles. The van der Waals surface area contributed by atoms with E-state index in [1.807, 2.05) is 0 Å². The highest BCUT2D eigenvalue weighted by molar-refractivity contribution is 5.90. The van der Waals surface area contributed by atoms with Crippen molar-refractivity contribution in [2.45, 2.75) is 45.4 Å². The van der Waals surface area contributed by atoms with Crippen molar-refractivity contribution in [2.24, 2.45) is 11.3 Å². The van der Waals surface area contributed by atoms with Crippen molar-refractivity contribution in [3.63, 3.8) is 0 Å². The van der Waals surface area contributed by atoms with Crippen molar-refractivity contribution in [1.29, 1.82) is 0 Å². The maximum atomic E-state index is 11.7. The normalized spacial score (nSPS) is 27.8. The highest BCUT2D eigenvalue weighted by Crippen LogP contribution is 2.43. The van der Waals surface area contributed by atoms with Crippen LogP contribution in [-0.4, -0.2) is 22.2 Å². The van der Waals surface area contributed by atoms with Crippen molar-refractivity contribution in [3.8, 4) is 0 Å². The fourth-order valence-corrected chi connectivity index (χ4v) is 3.42. The molecule has 1 atom stereocenters. The molecule has 4 heteroatoms. The molecule has 1 unspecified atom stereocenters. The van der Waals surface area contributed by atoms with Gasteiger partial charge in [0.15, 0.2) is 0 Å². The monoisotopic (exact) mass is 264 g/mol. The van der Waals surface area contributed by atoms with Crippen LogP contribution in [0.15, 0.2) is 23.3 Å². The maximum absolute atomic E-state index is 11.7. The van der Waals surface area contributed by atoms with Crippen molar-refractivity contribution < 1.29 is 19.8 Å². The molecule has 4 nitrogen and oxygen atoms in total. The highest BCUT2D eigenvalue weighted by Gasteiger charge is 2.42. The lowest BCUT2D eigenvalue weighted by molar-refractivity contribution is -0.147. The average molecular weight is 264 g/mol. The molecular formula is C15H20O4. The van der Waals surface area contributed by atoms with Crippen LogP contribution < -0.4 is 0 Å². The summed E-state index contributed by atoms with van der Waals surface area (Å²) in [6.07, 6.45) is 8.44. The van der Waals surface area contributed by atoms with Gasteiger partial charge in [0, 0.05) is 5.57 Å². The average Bonchev–Trinajstić information content (AvgIpc) is 2.80. The number of carboxylic acids is 2. The van der Waals surface area contributed by atoms with Crippen LogP contribution in [0, 0.1) is 11.3 Å². The summed E-state index contributed by atoms with van der Waals surface area (Å²) in [5.41, 5.74) is -0.0777. The second kappa shape index (κ2) is 5.19. The summed E-state index contributed by atoms with van der Waals surface area (Å²) >= 11 is 0. The van der Waals surface area contributed by atoms with E-state index in [1.54, 1.807) is 19.1 Å². The van der Waals surface area contributed by atoms with Gasteiger partial charge in [0.05, 0.1) is 5.41 Å². The summed E-state index contributed by atoms with van der Waals surface area (Å²) in [4.78, 5) is 22.9. The summed E-state index contributed by atoms with van der Waals surface area (Å²) in [5, 5.41) is 18.7. The van der Waals surface area contributed by atoms with Crippen LogP contribution in [0.5, 0.6) is 0 Å². The molecule has 2 N–H and O–H groups in total. The smallest absolute Gasteiger partial charge is 0.331 e. The minimum atomic E-state index is -1.03. The molecule has 0 saturated heterocycles. The Morgan fingerprint density at radius 1 is 1.32 bits per heavy atom. The molecule has 0 aromatic heterocycles. The zero-order valence-corrected chi connectivity index (χ0v) is 11.2. The fourth-order valence-electron chi connectivity index (χ4n) is 3.42. The highest BCUT2D eigenvalue weighted by atomic mass is 16.4.